The third kappa shape index (κ3) is 3.00. The molecular weight excluding hydrogens is 376 g/mol. The van der Waals surface area contributed by atoms with Crippen molar-refractivity contribution in [2.45, 2.75) is 38.0 Å². The van der Waals surface area contributed by atoms with E-state index in [1.165, 1.54) is 11.3 Å². The highest BCUT2D eigenvalue weighted by atomic mass is 32.1. The molecule has 0 amide bonds. The van der Waals surface area contributed by atoms with Crippen LogP contribution in [0.5, 0.6) is 5.88 Å². The maximum Gasteiger partial charge on any atom is 0.230 e. The molecule has 148 valence electrons. The molecule has 1 spiro atoms. The van der Waals surface area contributed by atoms with E-state index >= 15 is 0 Å². The zero-order valence-corrected chi connectivity index (χ0v) is 16.7. The quantitative estimate of drug-likeness (QED) is 0.726. The zero-order valence-electron chi connectivity index (χ0n) is 15.9. The molecule has 5 rings (SSSR count). The van der Waals surface area contributed by atoms with Crippen LogP contribution in [-0.2, 0) is 15.9 Å². The lowest BCUT2D eigenvalue weighted by Crippen LogP contribution is -2.46. The van der Waals surface area contributed by atoms with Gasteiger partial charge in [0, 0.05) is 32.4 Å². The molecule has 1 N–H and O–H groups in total. The fourth-order valence-corrected chi connectivity index (χ4v) is 5.33. The molecule has 2 saturated heterocycles. The summed E-state index contributed by atoms with van der Waals surface area (Å²) in [5, 5.41) is 15.4. The van der Waals surface area contributed by atoms with E-state index in [2.05, 4.69) is 27.1 Å². The highest BCUT2D eigenvalue weighted by molar-refractivity contribution is 7.17. The van der Waals surface area contributed by atoms with Crippen LogP contribution < -0.4 is 0 Å². The van der Waals surface area contributed by atoms with Crippen LogP contribution in [0.25, 0.3) is 4.96 Å². The summed E-state index contributed by atoms with van der Waals surface area (Å²) in [5.41, 5.74) is 1.15. The average Bonchev–Trinajstić information content (AvgIpc) is 3.42. The lowest BCUT2D eigenvalue weighted by molar-refractivity contribution is -0.187. The topological polar surface area (TPSA) is 72.1 Å². The second-order valence-corrected chi connectivity index (χ2v) is 8.33. The molecule has 2 aliphatic rings. The molecule has 4 heterocycles. The minimum atomic E-state index is -0.415. The Morgan fingerprint density at radius 3 is 2.54 bits per heavy atom. The summed E-state index contributed by atoms with van der Waals surface area (Å²) in [6, 6.07) is 10.3. The zero-order chi connectivity index (χ0) is 19.1. The number of likely N-dealkylation sites (tertiary alicyclic amines) is 1. The lowest BCUT2D eigenvalue weighted by Gasteiger charge is -2.41. The van der Waals surface area contributed by atoms with Crippen LogP contribution >= 0.6 is 11.3 Å². The number of aromatic hydroxyl groups is 1. The summed E-state index contributed by atoms with van der Waals surface area (Å²) >= 11 is 1.52. The molecule has 1 aromatic carbocycles. The number of aryl methyl sites for hydroxylation is 1. The third-order valence-electron chi connectivity index (χ3n) is 5.66. The first-order valence-corrected chi connectivity index (χ1v) is 10.6. The van der Waals surface area contributed by atoms with E-state index in [0.717, 1.165) is 53.6 Å². The number of piperidine rings is 1. The number of thiazole rings is 1. The van der Waals surface area contributed by atoms with Crippen molar-refractivity contribution in [2.75, 3.05) is 26.3 Å². The molecule has 8 heteroatoms. The molecule has 28 heavy (non-hydrogen) atoms. The molecule has 0 saturated carbocycles. The van der Waals surface area contributed by atoms with Gasteiger partial charge in [-0.05, 0) is 5.56 Å². The number of nitrogens with zero attached hydrogens (tertiary/aromatic N) is 4. The smallest absolute Gasteiger partial charge is 0.230 e. The van der Waals surface area contributed by atoms with Crippen molar-refractivity contribution < 1.29 is 14.6 Å². The van der Waals surface area contributed by atoms with Gasteiger partial charge in [-0.25, -0.2) is 4.98 Å². The number of rotatable bonds is 4. The standard InChI is InChI=1S/C20H24N4O3S/c1-2-15-21-19-24(22-15)18(25)17(28-19)16(14-6-4-3-5-7-14)23-10-8-20(9-11-23)26-12-13-27-20/h3-7,16,25H,2,8-13H2,1H3. The van der Waals surface area contributed by atoms with Gasteiger partial charge in [0.05, 0.1) is 24.1 Å². The van der Waals surface area contributed by atoms with Crippen molar-refractivity contribution in [3.8, 4) is 5.88 Å². The number of hydrogen-bond donors (Lipinski definition) is 1. The SMILES string of the molecule is CCc1nc2sc(C(c3ccccc3)N3CCC4(CC3)OCCO4)c(O)n2n1. The van der Waals surface area contributed by atoms with Gasteiger partial charge in [-0.2, -0.15) is 4.52 Å². The van der Waals surface area contributed by atoms with E-state index in [1.807, 2.05) is 25.1 Å². The predicted molar refractivity (Wildman–Crippen MR) is 106 cm³/mol. The Kier molecular flexibility index (Phi) is 4.59. The van der Waals surface area contributed by atoms with E-state index in [1.54, 1.807) is 4.52 Å². The molecular formula is C20H24N4O3S. The summed E-state index contributed by atoms with van der Waals surface area (Å²) in [4.78, 5) is 8.56. The summed E-state index contributed by atoms with van der Waals surface area (Å²) in [7, 11) is 0. The molecule has 2 fully saturated rings. The Hall–Kier alpha value is -2.00. The van der Waals surface area contributed by atoms with Crippen LogP contribution in [0.4, 0.5) is 0 Å². The van der Waals surface area contributed by atoms with Gasteiger partial charge < -0.3 is 14.6 Å². The monoisotopic (exact) mass is 400 g/mol. The number of benzene rings is 1. The fraction of sp³-hybridized carbons (Fsp3) is 0.500. The van der Waals surface area contributed by atoms with Gasteiger partial charge in [-0.3, -0.25) is 4.90 Å². The van der Waals surface area contributed by atoms with Crippen LogP contribution in [0.2, 0.25) is 0 Å². The Bertz CT molecular complexity index is 955. The van der Waals surface area contributed by atoms with Gasteiger partial charge in [-0.15, -0.1) is 5.10 Å². The second kappa shape index (κ2) is 7.11. The maximum atomic E-state index is 11.0. The molecule has 2 aromatic heterocycles. The van der Waals surface area contributed by atoms with E-state index in [-0.39, 0.29) is 11.9 Å². The van der Waals surface area contributed by atoms with Crippen molar-refractivity contribution in [3.63, 3.8) is 0 Å². The average molecular weight is 401 g/mol. The van der Waals surface area contributed by atoms with Crippen LogP contribution in [0, 0.1) is 0 Å². The van der Waals surface area contributed by atoms with Crippen LogP contribution in [0.1, 0.15) is 42.1 Å². The van der Waals surface area contributed by atoms with Crippen LogP contribution in [0.3, 0.4) is 0 Å². The minimum absolute atomic E-state index is 0.0430. The molecule has 7 nitrogen and oxygen atoms in total. The molecule has 2 aliphatic heterocycles. The molecule has 0 aliphatic carbocycles. The summed E-state index contributed by atoms with van der Waals surface area (Å²) in [6.07, 6.45) is 2.41. The van der Waals surface area contributed by atoms with E-state index in [0.29, 0.717) is 13.2 Å². The van der Waals surface area contributed by atoms with E-state index in [4.69, 9.17) is 9.47 Å². The molecule has 1 unspecified atom stereocenters. The fourth-order valence-electron chi connectivity index (χ4n) is 4.19. The van der Waals surface area contributed by atoms with Gasteiger partial charge in [-0.1, -0.05) is 48.6 Å². The highest BCUT2D eigenvalue weighted by Crippen LogP contribution is 2.42. The van der Waals surface area contributed by atoms with Crippen molar-refractivity contribution in [3.05, 3.63) is 46.6 Å². The van der Waals surface area contributed by atoms with E-state index in [9.17, 15) is 5.11 Å². The Morgan fingerprint density at radius 2 is 1.89 bits per heavy atom. The van der Waals surface area contributed by atoms with Gasteiger partial charge in [0.2, 0.25) is 10.8 Å². The van der Waals surface area contributed by atoms with Crippen LogP contribution in [-0.4, -0.2) is 56.7 Å². The Balaban J connectivity index is 1.51. The summed E-state index contributed by atoms with van der Waals surface area (Å²) < 4.78 is 13.3. The number of fused-ring (bicyclic) bond motifs is 1. The maximum absolute atomic E-state index is 11.0. The van der Waals surface area contributed by atoms with Gasteiger partial charge in [0.15, 0.2) is 11.6 Å². The van der Waals surface area contributed by atoms with Crippen molar-refractivity contribution in [1.29, 1.82) is 0 Å². The Labute approximate surface area is 167 Å². The normalized spacial score (nSPS) is 20.9. The van der Waals surface area contributed by atoms with Crippen LogP contribution in [0.15, 0.2) is 30.3 Å². The largest absolute Gasteiger partial charge is 0.492 e. The Morgan fingerprint density at radius 1 is 1.18 bits per heavy atom. The van der Waals surface area contributed by atoms with Gasteiger partial charge in [0.25, 0.3) is 0 Å². The molecule has 1 atom stereocenters. The second-order valence-electron chi connectivity index (χ2n) is 7.32. The van der Waals surface area contributed by atoms with Crippen molar-refractivity contribution in [2.24, 2.45) is 0 Å². The summed E-state index contributed by atoms with van der Waals surface area (Å²) in [5.74, 6) is 0.524. The molecule has 0 bridgehead atoms. The molecule has 0 radical (unpaired) electrons. The minimum Gasteiger partial charge on any atom is -0.492 e. The lowest BCUT2D eigenvalue weighted by atomic mass is 9.97. The van der Waals surface area contributed by atoms with Gasteiger partial charge >= 0.3 is 0 Å². The van der Waals surface area contributed by atoms with Crippen molar-refractivity contribution >= 4 is 16.3 Å². The van der Waals surface area contributed by atoms with Crippen molar-refractivity contribution in [1.82, 2.24) is 19.5 Å². The third-order valence-corrected chi connectivity index (χ3v) is 6.73. The predicted octanol–water partition coefficient (Wildman–Crippen LogP) is 2.99. The first kappa shape index (κ1) is 18.1. The van der Waals surface area contributed by atoms with E-state index < -0.39 is 5.79 Å². The highest BCUT2D eigenvalue weighted by Gasteiger charge is 2.42. The first-order chi connectivity index (χ1) is 13.7. The summed E-state index contributed by atoms with van der Waals surface area (Å²) in [6.45, 7) is 5.05. The first-order valence-electron chi connectivity index (χ1n) is 9.83. The van der Waals surface area contributed by atoms with Gasteiger partial charge in [0.1, 0.15) is 0 Å². The molecule has 3 aromatic rings. The number of aromatic nitrogens is 3. The number of hydrogen-bond acceptors (Lipinski definition) is 7. The number of ether oxygens (including phenoxy) is 2.